The SMILES string of the molecule is CCCCCCc1cc2c(cc1C#Cc1cnc(CC(=O)O)cn1)C(C)(C)CCS2. The van der Waals surface area contributed by atoms with Crippen LogP contribution in [-0.2, 0) is 23.1 Å². The second-order valence-corrected chi connectivity index (χ2v) is 9.65. The number of aryl methyl sites for hydroxylation is 1. The molecule has 4 nitrogen and oxygen atoms in total. The second kappa shape index (κ2) is 10.1. The largest absolute Gasteiger partial charge is 0.481 e. The molecule has 1 aromatic heterocycles. The molecule has 0 atom stereocenters. The normalized spacial score (nSPS) is 14.5. The molecule has 0 aliphatic carbocycles. The summed E-state index contributed by atoms with van der Waals surface area (Å²) in [7, 11) is 0. The zero-order valence-electron chi connectivity index (χ0n) is 18.1. The van der Waals surface area contributed by atoms with Crippen molar-refractivity contribution < 1.29 is 9.90 Å². The topological polar surface area (TPSA) is 63.1 Å². The van der Waals surface area contributed by atoms with E-state index < -0.39 is 5.97 Å². The van der Waals surface area contributed by atoms with E-state index in [1.165, 1.54) is 60.1 Å². The molecule has 158 valence electrons. The van der Waals surface area contributed by atoms with Gasteiger partial charge in [0.25, 0.3) is 0 Å². The van der Waals surface area contributed by atoms with Crippen LogP contribution in [0.4, 0.5) is 0 Å². The average Bonchev–Trinajstić information content (AvgIpc) is 2.70. The van der Waals surface area contributed by atoms with Gasteiger partial charge in [-0.2, -0.15) is 0 Å². The smallest absolute Gasteiger partial charge is 0.309 e. The van der Waals surface area contributed by atoms with E-state index in [1.54, 1.807) is 6.20 Å². The first-order valence-corrected chi connectivity index (χ1v) is 11.7. The number of thioether (sulfide) groups is 1. The fourth-order valence-corrected chi connectivity index (χ4v) is 5.23. The average molecular weight is 423 g/mol. The lowest BCUT2D eigenvalue weighted by atomic mass is 9.80. The summed E-state index contributed by atoms with van der Waals surface area (Å²) < 4.78 is 0. The Labute approximate surface area is 183 Å². The maximum absolute atomic E-state index is 10.8. The number of aromatic nitrogens is 2. The van der Waals surface area contributed by atoms with Crippen LogP contribution in [0.3, 0.4) is 0 Å². The second-order valence-electron chi connectivity index (χ2n) is 8.51. The summed E-state index contributed by atoms with van der Waals surface area (Å²) in [5.41, 5.74) is 4.96. The minimum Gasteiger partial charge on any atom is -0.481 e. The van der Waals surface area contributed by atoms with Gasteiger partial charge in [0.15, 0.2) is 0 Å². The highest BCUT2D eigenvalue weighted by Gasteiger charge is 2.28. The van der Waals surface area contributed by atoms with E-state index in [0.29, 0.717) is 11.4 Å². The number of unbranched alkanes of at least 4 members (excludes halogenated alkanes) is 3. The van der Waals surface area contributed by atoms with Crippen molar-refractivity contribution >= 4 is 17.7 Å². The Bertz CT molecular complexity index is 956. The zero-order valence-corrected chi connectivity index (χ0v) is 18.9. The van der Waals surface area contributed by atoms with E-state index in [0.717, 1.165) is 12.0 Å². The number of rotatable bonds is 7. The van der Waals surface area contributed by atoms with Gasteiger partial charge in [0, 0.05) is 10.5 Å². The summed E-state index contributed by atoms with van der Waals surface area (Å²) in [5.74, 6) is 6.73. The Kier molecular flexibility index (Phi) is 7.55. The highest BCUT2D eigenvalue weighted by atomic mass is 32.2. The van der Waals surface area contributed by atoms with Crippen molar-refractivity contribution in [2.45, 2.75) is 76.0 Å². The predicted molar refractivity (Wildman–Crippen MR) is 122 cm³/mol. The Morgan fingerprint density at radius 3 is 2.70 bits per heavy atom. The van der Waals surface area contributed by atoms with Gasteiger partial charge >= 0.3 is 5.97 Å². The minimum absolute atomic E-state index is 0.125. The van der Waals surface area contributed by atoms with Crippen LogP contribution in [0.2, 0.25) is 0 Å². The molecule has 3 rings (SSSR count). The van der Waals surface area contributed by atoms with E-state index in [2.05, 4.69) is 54.7 Å². The van der Waals surface area contributed by atoms with Crippen LogP contribution >= 0.6 is 11.8 Å². The van der Waals surface area contributed by atoms with Crippen LogP contribution in [0.15, 0.2) is 29.4 Å². The van der Waals surface area contributed by atoms with Crippen LogP contribution in [0, 0.1) is 11.8 Å². The third kappa shape index (κ3) is 5.86. The minimum atomic E-state index is -0.912. The number of fused-ring (bicyclic) bond motifs is 1. The van der Waals surface area contributed by atoms with Gasteiger partial charge in [-0.05, 0) is 59.6 Å². The molecule has 1 N–H and O–H groups in total. The molecule has 0 amide bonds. The van der Waals surface area contributed by atoms with Gasteiger partial charge < -0.3 is 5.11 Å². The molecule has 30 heavy (non-hydrogen) atoms. The van der Waals surface area contributed by atoms with E-state index in [-0.39, 0.29) is 11.8 Å². The summed E-state index contributed by atoms with van der Waals surface area (Å²) in [6.45, 7) is 6.87. The number of hydrogen-bond acceptors (Lipinski definition) is 4. The van der Waals surface area contributed by atoms with Crippen molar-refractivity contribution in [3.05, 3.63) is 52.6 Å². The van der Waals surface area contributed by atoms with Gasteiger partial charge in [-0.1, -0.05) is 46.0 Å². The molecule has 2 heterocycles. The van der Waals surface area contributed by atoms with Gasteiger partial charge in [-0.25, -0.2) is 4.98 Å². The van der Waals surface area contributed by atoms with Gasteiger partial charge in [-0.15, -0.1) is 11.8 Å². The highest BCUT2D eigenvalue weighted by Crippen LogP contribution is 2.42. The molecule has 0 fully saturated rings. The Balaban J connectivity index is 1.90. The van der Waals surface area contributed by atoms with Crippen molar-refractivity contribution in [1.82, 2.24) is 9.97 Å². The molecule has 1 aromatic carbocycles. The molecular formula is C25H30N2O2S. The quantitative estimate of drug-likeness (QED) is 0.478. The molecule has 0 radical (unpaired) electrons. The van der Waals surface area contributed by atoms with Gasteiger partial charge in [0.05, 0.1) is 24.5 Å². The monoisotopic (exact) mass is 422 g/mol. The molecule has 1 aliphatic heterocycles. The third-order valence-corrected chi connectivity index (χ3v) is 6.64. The van der Waals surface area contributed by atoms with Gasteiger partial charge in [-0.3, -0.25) is 9.78 Å². The highest BCUT2D eigenvalue weighted by molar-refractivity contribution is 7.99. The van der Waals surface area contributed by atoms with Crippen molar-refractivity contribution in [1.29, 1.82) is 0 Å². The molecule has 0 bridgehead atoms. The number of hydrogen-bond donors (Lipinski definition) is 1. The lowest BCUT2D eigenvalue weighted by Crippen LogP contribution is -2.23. The number of nitrogens with zero attached hydrogens (tertiary/aromatic N) is 2. The molecule has 5 heteroatoms. The lowest BCUT2D eigenvalue weighted by molar-refractivity contribution is -0.136. The summed E-state index contributed by atoms with van der Waals surface area (Å²) in [6.07, 6.45) is 10.1. The van der Waals surface area contributed by atoms with Crippen LogP contribution in [-0.4, -0.2) is 26.8 Å². The lowest BCUT2D eigenvalue weighted by Gasteiger charge is -2.32. The first kappa shape index (κ1) is 22.4. The van der Waals surface area contributed by atoms with Crippen LogP contribution in [0.5, 0.6) is 0 Å². The first-order valence-electron chi connectivity index (χ1n) is 10.7. The van der Waals surface area contributed by atoms with Crippen LogP contribution in [0.1, 0.15) is 81.0 Å². The number of carboxylic acid groups (broad SMARTS) is 1. The first-order chi connectivity index (χ1) is 14.4. The van der Waals surface area contributed by atoms with Crippen molar-refractivity contribution in [2.75, 3.05) is 5.75 Å². The Morgan fingerprint density at radius 1 is 1.17 bits per heavy atom. The number of benzene rings is 1. The molecule has 0 saturated heterocycles. The van der Waals surface area contributed by atoms with Gasteiger partial charge in [0.1, 0.15) is 5.69 Å². The van der Waals surface area contributed by atoms with Crippen LogP contribution in [0.25, 0.3) is 0 Å². The number of aliphatic carboxylic acids is 1. The Hall–Kier alpha value is -2.32. The van der Waals surface area contributed by atoms with E-state index >= 15 is 0 Å². The standard InChI is InChI=1S/C25H30N2O2S/c1-4-5-6-7-8-18-14-23-22(25(2,3)11-12-30-23)13-19(18)9-10-20-16-27-21(17-26-20)15-24(28)29/h13-14,16-17H,4-8,11-12,15H2,1-3H3,(H,28,29). The van der Waals surface area contributed by atoms with Crippen LogP contribution < -0.4 is 0 Å². The summed E-state index contributed by atoms with van der Waals surface area (Å²) in [6, 6.07) is 4.65. The summed E-state index contributed by atoms with van der Waals surface area (Å²) in [4.78, 5) is 20.6. The molecule has 2 aromatic rings. The van der Waals surface area contributed by atoms with E-state index in [9.17, 15) is 4.79 Å². The number of carbonyl (C=O) groups is 1. The van der Waals surface area contributed by atoms with Crippen molar-refractivity contribution in [2.24, 2.45) is 0 Å². The van der Waals surface area contributed by atoms with Crippen molar-refractivity contribution in [3.8, 4) is 11.8 Å². The van der Waals surface area contributed by atoms with Crippen molar-refractivity contribution in [3.63, 3.8) is 0 Å². The molecular weight excluding hydrogens is 392 g/mol. The van der Waals surface area contributed by atoms with E-state index in [4.69, 9.17) is 5.11 Å². The molecule has 0 unspecified atom stereocenters. The molecule has 1 aliphatic rings. The fourth-order valence-electron chi connectivity index (χ4n) is 3.68. The van der Waals surface area contributed by atoms with E-state index in [1.807, 2.05) is 11.8 Å². The Morgan fingerprint density at radius 2 is 2.00 bits per heavy atom. The predicted octanol–water partition coefficient (Wildman–Crippen LogP) is 5.40. The maximum Gasteiger partial charge on any atom is 0.309 e. The number of carboxylic acids is 1. The maximum atomic E-state index is 10.8. The summed E-state index contributed by atoms with van der Waals surface area (Å²) >= 11 is 1.96. The molecule has 0 spiro atoms. The third-order valence-electron chi connectivity index (χ3n) is 5.58. The fraction of sp³-hybridized carbons (Fsp3) is 0.480. The molecule has 0 saturated carbocycles. The van der Waals surface area contributed by atoms with Gasteiger partial charge in [0.2, 0.25) is 0 Å². The zero-order chi connectivity index (χ0) is 21.6. The summed E-state index contributed by atoms with van der Waals surface area (Å²) in [5, 5.41) is 8.86.